The summed E-state index contributed by atoms with van der Waals surface area (Å²) in [6.45, 7) is 0.290. The van der Waals surface area contributed by atoms with E-state index < -0.39 is 0 Å². The van der Waals surface area contributed by atoms with Crippen molar-refractivity contribution in [3.05, 3.63) is 73.6 Å². The molecule has 0 bridgehead atoms. The molecule has 182 valence electrons. The largest absolute Gasteiger partial charge is 0.352 e. The van der Waals surface area contributed by atoms with Crippen molar-refractivity contribution in [2.75, 3.05) is 26.0 Å². The van der Waals surface area contributed by atoms with Crippen molar-refractivity contribution in [2.24, 2.45) is 0 Å². The van der Waals surface area contributed by atoms with E-state index in [1.165, 1.54) is 0 Å². The zero-order valence-electron chi connectivity index (χ0n) is 20.2. The van der Waals surface area contributed by atoms with Crippen LogP contribution < -0.4 is 5.32 Å². The Labute approximate surface area is 211 Å². The third kappa shape index (κ3) is 4.41. The highest BCUT2D eigenvalue weighted by atomic mass is 16.2. The molecule has 0 saturated heterocycles. The first-order chi connectivity index (χ1) is 18.0. The molecule has 0 fully saturated rings. The van der Waals surface area contributed by atoms with E-state index in [-0.39, 0.29) is 12.5 Å². The molecule has 0 aliphatic heterocycles. The van der Waals surface area contributed by atoms with Gasteiger partial charge in [-0.1, -0.05) is 6.07 Å². The van der Waals surface area contributed by atoms with Gasteiger partial charge in [-0.15, -0.1) is 0 Å². The van der Waals surface area contributed by atoms with Crippen LogP contribution in [0.2, 0.25) is 0 Å². The number of nitrogens with zero attached hydrogens (tertiary/aromatic N) is 6. The van der Waals surface area contributed by atoms with Crippen LogP contribution in [0.1, 0.15) is 0 Å². The number of fused-ring (bicyclic) bond motifs is 2. The van der Waals surface area contributed by atoms with Gasteiger partial charge in [0.05, 0.1) is 47.2 Å². The summed E-state index contributed by atoms with van der Waals surface area (Å²) in [5.41, 5.74) is 7.31. The average Bonchev–Trinajstić information content (AvgIpc) is 3.52. The van der Waals surface area contributed by atoms with Gasteiger partial charge in [0, 0.05) is 52.3 Å². The fourth-order valence-corrected chi connectivity index (χ4v) is 4.33. The summed E-state index contributed by atoms with van der Waals surface area (Å²) in [7, 11) is 3.70. The van der Waals surface area contributed by atoms with Crippen LogP contribution in [-0.4, -0.2) is 66.6 Å². The van der Waals surface area contributed by atoms with E-state index in [1.54, 1.807) is 31.0 Å². The predicted octanol–water partition coefficient (Wildman–Crippen LogP) is 4.13. The van der Waals surface area contributed by atoms with Crippen LogP contribution in [0.25, 0.3) is 55.7 Å². The highest BCUT2D eigenvalue weighted by Gasteiger charge is 2.15. The molecule has 37 heavy (non-hydrogen) atoms. The second kappa shape index (κ2) is 9.25. The zero-order valence-corrected chi connectivity index (χ0v) is 20.2. The Hall–Kier alpha value is -4.96. The molecular weight excluding hydrogens is 466 g/mol. The Bertz CT molecular complexity index is 1740. The summed E-state index contributed by atoms with van der Waals surface area (Å²) in [6.07, 6.45) is 10.5. The molecule has 0 radical (unpaired) electrons. The molecule has 10 heteroatoms. The van der Waals surface area contributed by atoms with E-state index in [9.17, 15) is 4.79 Å². The Morgan fingerprint density at radius 2 is 1.81 bits per heavy atom. The van der Waals surface area contributed by atoms with Gasteiger partial charge in [-0.25, -0.2) is 4.98 Å². The molecule has 6 aromatic rings. The smallest absolute Gasteiger partial charge is 0.238 e. The van der Waals surface area contributed by atoms with Gasteiger partial charge in [-0.05, 0) is 44.4 Å². The maximum absolute atomic E-state index is 12.2. The number of nitrogens with one attached hydrogen (secondary N) is 3. The first-order valence-electron chi connectivity index (χ1n) is 11.7. The van der Waals surface area contributed by atoms with Crippen LogP contribution in [0.3, 0.4) is 0 Å². The van der Waals surface area contributed by atoms with Crippen molar-refractivity contribution < 1.29 is 4.79 Å². The number of amides is 1. The number of rotatable bonds is 6. The van der Waals surface area contributed by atoms with E-state index in [0.717, 1.165) is 50.1 Å². The molecule has 0 aromatic carbocycles. The van der Waals surface area contributed by atoms with Crippen LogP contribution in [-0.2, 0) is 4.79 Å². The van der Waals surface area contributed by atoms with E-state index in [1.807, 2.05) is 55.5 Å². The van der Waals surface area contributed by atoms with Crippen molar-refractivity contribution in [2.45, 2.75) is 0 Å². The van der Waals surface area contributed by atoms with Gasteiger partial charge < -0.3 is 15.2 Å². The van der Waals surface area contributed by atoms with Crippen molar-refractivity contribution >= 4 is 33.5 Å². The highest BCUT2D eigenvalue weighted by molar-refractivity contribution is 6.00. The van der Waals surface area contributed by atoms with E-state index in [4.69, 9.17) is 0 Å². The van der Waals surface area contributed by atoms with Gasteiger partial charge in [0.25, 0.3) is 0 Å². The Kier molecular flexibility index (Phi) is 5.62. The van der Waals surface area contributed by atoms with E-state index >= 15 is 0 Å². The monoisotopic (exact) mass is 489 g/mol. The summed E-state index contributed by atoms with van der Waals surface area (Å²) >= 11 is 0. The maximum atomic E-state index is 12.2. The molecule has 0 unspecified atom stereocenters. The normalized spacial score (nSPS) is 11.4. The quantitative estimate of drug-likeness (QED) is 0.321. The highest BCUT2D eigenvalue weighted by Crippen LogP contribution is 2.33. The fourth-order valence-electron chi connectivity index (χ4n) is 4.33. The van der Waals surface area contributed by atoms with Crippen LogP contribution in [0.4, 0.5) is 5.69 Å². The Morgan fingerprint density at radius 1 is 0.946 bits per heavy atom. The van der Waals surface area contributed by atoms with Gasteiger partial charge >= 0.3 is 0 Å². The van der Waals surface area contributed by atoms with Gasteiger partial charge in [0.15, 0.2) is 5.65 Å². The fraction of sp³-hybridized carbons (Fsp3) is 0.111. The molecule has 1 amide bonds. The average molecular weight is 490 g/mol. The van der Waals surface area contributed by atoms with Crippen molar-refractivity contribution in [3.63, 3.8) is 0 Å². The number of carbonyl (C=O) groups is 1. The van der Waals surface area contributed by atoms with Crippen molar-refractivity contribution in [1.82, 2.24) is 40.0 Å². The van der Waals surface area contributed by atoms with Crippen molar-refractivity contribution in [3.8, 4) is 33.8 Å². The molecular formula is C27H23N9O. The first kappa shape index (κ1) is 22.5. The number of anilines is 1. The molecule has 0 saturated carbocycles. The topological polar surface area (TPSA) is 128 Å². The van der Waals surface area contributed by atoms with E-state index in [2.05, 4.69) is 46.5 Å². The summed E-state index contributed by atoms with van der Waals surface area (Å²) in [5.74, 6) is -0.104. The number of aromatic amines is 2. The molecule has 6 heterocycles. The minimum Gasteiger partial charge on any atom is -0.352 e. The van der Waals surface area contributed by atoms with Gasteiger partial charge in [-0.2, -0.15) is 5.10 Å². The lowest BCUT2D eigenvalue weighted by Gasteiger charge is -2.10. The molecule has 6 aromatic heterocycles. The molecule has 3 N–H and O–H groups in total. The van der Waals surface area contributed by atoms with Gasteiger partial charge in [0.2, 0.25) is 5.91 Å². The van der Waals surface area contributed by atoms with Gasteiger partial charge in [-0.3, -0.25) is 24.8 Å². The number of hydrogen-bond acceptors (Lipinski definition) is 7. The Balaban J connectivity index is 1.38. The van der Waals surface area contributed by atoms with Crippen LogP contribution in [0.15, 0.2) is 73.6 Å². The number of H-pyrrole nitrogens is 2. The number of likely N-dealkylation sites (N-methyl/N-ethyl adjacent to an activating group) is 1. The van der Waals surface area contributed by atoms with E-state index in [0.29, 0.717) is 11.3 Å². The second-order valence-electron chi connectivity index (χ2n) is 8.99. The minimum absolute atomic E-state index is 0.104. The lowest BCUT2D eigenvalue weighted by atomic mass is 10.1. The lowest BCUT2D eigenvalue weighted by Crippen LogP contribution is -2.27. The first-order valence-corrected chi connectivity index (χ1v) is 11.7. The SMILES string of the molecule is CN(C)CC(=O)Nc1cncc(-c2cnc3n[nH]c(-c4cc5c(-c6ccccn6)cncc5[nH]4)c3c2)c1. The lowest BCUT2D eigenvalue weighted by molar-refractivity contribution is -0.116. The number of carbonyl (C=O) groups excluding carboxylic acids is 1. The minimum atomic E-state index is -0.104. The number of hydrogen-bond donors (Lipinski definition) is 3. The molecule has 0 aliphatic carbocycles. The third-order valence-corrected chi connectivity index (χ3v) is 5.98. The summed E-state index contributed by atoms with van der Waals surface area (Å²) < 4.78 is 0. The van der Waals surface area contributed by atoms with Crippen LogP contribution in [0.5, 0.6) is 0 Å². The maximum Gasteiger partial charge on any atom is 0.238 e. The van der Waals surface area contributed by atoms with Crippen molar-refractivity contribution in [1.29, 1.82) is 0 Å². The second-order valence-corrected chi connectivity index (χ2v) is 8.99. The predicted molar refractivity (Wildman–Crippen MR) is 143 cm³/mol. The molecule has 0 atom stereocenters. The van der Waals surface area contributed by atoms with Crippen LogP contribution >= 0.6 is 0 Å². The summed E-state index contributed by atoms with van der Waals surface area (Å²) in [5, 5.41) is 12.3. The molecule has 6 rings (SSSR count). The van der Waals surface area contributed by atoms with Gasteiger partial charge in [0.1, 0.15) is 0 Å². The third-order valence-electron chi connectivity index (χ3n) is 5.98. The molecule has 0 aliphatic rings. The number of aromatic nitrogens is 7. The summed E-state index contributed by atoms with van der Waals surface area (Å²) in [4.78, 5) is 35.2. The Morgan fingerprint density at radius 3 is 2.65 bits per heavy atom. The standard InChI is InChI=1S/C27H23N9O/c1-36(2)15-25(37)32-18-7-16(10-28-12-18)17-8-20-26(34-35-27(20)31-11-17)23-9-19-21(13-29-14-24(19)33-23)22-5-3-4-6-30-22/h3-14,33H,15H2,1-2H3,(H,32,37)(H,31,34,35). The zero-order chi connectivity index (χ0) is 25.4. The van der Waals surface area contributed by atoms with Crippen LogP contribution in [0, 0.1) is 0 Å². The molecule has 10 nitrogen and oxygen atoms in total. The number of pyridine rings is 4. The summed E-state index contributed by atoms with van der Waals surface area (Å²) in [6, 6.07) is 11.8. The molecule has 0 spiro atoms.